The first-order chi connectivity index (χ1) is 8.49. The smallest absolute Gasteiger partial charge is 0.167 e. The highest BCUT2D eigenvalue weighted by Crippen LogP contribution is 2.36. The fourth-order valence-corrected chi connectivity index (χ4v) is 2.19. The minimum absolute atomic E-state index is 0.517. The highest BCUT2D eigenvalue weighted by atomic mass is 79.9. The van der Waals surface area contributed by atoms with Crippen LogP contribution >= 0.6 is 15.9 Å². The quantitative estimate of drug-likeness (QED) is 0.907. The Hall–Kier alpha value is -1.55. The van der Waals surface area contributed by atoms with Crippen LogP contribution in [0.25, 0.3) is 0 Å². The van der Waals surface area contributed by atoms with Crippen LogP contribution in [0.5, 0.6) is 11.5 Å². The average Bonchev–Trinajstić information content (AvgIpc) is 2.30. The van der Waals surface area contributed by atoms with Gasteiger partial charge in [0.05, 0.1) is 16.4 Å². The lowest BCUT2D eigenvalue weighted by atomic mass is 10.1. The maximum absolute atomic E-state index is 5.92. The van der Waals surface area contributed by atoms with Crippen molar-refractivity contribution in [3.8, 4) is 11.5 Å². The fraction of sp³-hybridized carbons (Fsp3) is 0.214. The molecule has 4 heteroatoms. The standard InChI is InChI=1S/C14H15BrN2O/c1-8-4-9(2)10(3)13(5-8)18-14-11(15)6-17-7-12(14)16/h4-7H,16H2,1-3H3. The Balaban J connectivity index is 2.46. The van der Waals surface area contributed by atoms with E-state index in [9.17, 15) is 0 Å². The van der Waals surface area contributed by atoms with Crippen LogP contribution in [-0.2, 0) is 0 Å². The van der Waals surface area contributed by atoms with Gasteiger partial charge >= 0.3 is 0 Å². The summed E-state index contributed by atoms with van der Waals surface area (Å²) in [6.45, 7) is 6.15. The van der Waals surface area contributed by atoms with Crippen LogP contribution in [-0.4, -0.2) is 4.98 Å². The minimum Gasteiger partial charge on any atom is -0.454 e. The third-order valence-corrected chi connectivity index (χ3v) is 3.42. The summed E-state index contributed by atoms with van der Waals surface area (Å²) in [5, 5.41) is 0. The molecule has 1 heterocycles. The highest BCUT2D eigenvalue weighted by molar-refractivity contribution is 9.10. The Morgan fingerprint density at radius 2 is 1.89 bits per heavy atom. The summed E-state index contributed by atoms with van der Waals surface area (Å²) in [6.07, 6.45) is 3.25. The maximum atomic E-state index is 5.92. The van der Waals surface area contributed by atoms with Crippen molar-refractivity contribution in [2.24, 2.45) is 0 Å². The fourth-order valence-electron chi connectivity index (χ4n) is 1.76. The number of hydrogen-bond donors (Lipinski definition) is 1. The Morgan fingerprint density at radius 1 is 1.17 bits per heavy atom. The zero-order valence-electron chi connectivity index (χ0n) is 10.6. The average molecular weight is 307 g/mol. The molecule has 0 radical (unpaired) electrons. The summed E-state index contributed by atoms with van der Waals surface area (Å²) >= 11 is 3.40. The van der Waals surface area contributed by atoms with Crippen LogP contribution in [0.1, 0.15) is 16.7 Å². The van der Waals surface area contributed by atoms with Crippen LogP contribution < -0.4 is 10.5 Å². The van der Waals surface area contributed by atoms with Crippen LogP contribution in [0.15, 0.2) is 29.0 Å². The molecule has 0 aliphatic carbocycles. The molecule has 1 aromatic carbocycles. The number of nitrogen functional groups attached to an aromatic ring is 1. The minimum atomic E-state index is 0.517. The molecule has 0 amide bonds. The highest BCUT2D eigenvalue weighted by Gasteiger charge is 2.10. The molecule has 0 bridgehead atoms. The molecule has 0 aliphatic rings. The molecule has 0 aliphatic heterocycles. The number of anilines is 1. The first kappa shape index (κ1) is 12.9. The molecule has 18 heavy (non-hydrogen) atoms. The van der Waals surface area contributed by atoms with Gasteiger partial charge in [-0.05, 0) is 59.5 Å². The van der Waals surface area contributed by atoms with E-state index in [2.05, 4.69) is 33.9 Å². The van der Waals surface area contributed by atoms with Crippen molar-refractivity contribution in [2.75, 3.05) is 5.73 Å². The van der Waals surface area contributed by atoms with E-state index >= 15 is 0 Å². The van der Waals surface area contributed by atoms with Crippen molar-refractivity contribution < 1.29 is 4.74 Å². The number of hydrogen-bond acceptors (Lipinski definition) is 3. The van der Waals surface area contributed by atoms with E-state index in [1.165, 1.54) is 5.56 Å². The molecule has 94 valence electrons. The summed E-state index contributed by atoms with van der Waals surface area (Å²) in [5.74, 6) is 1.43. The Morgan fingerprint density at radius 3 is 2.56 bits per heavy atom. The van der Waals surface area contributed by atoms with Gasteiger partial charge < -0.3 is 10.5 Å². The third-order valence-electron chi connectivity index (χ3n) is 2.86. The molecular weight excluding hydrogens is 292 g/mol. The van der Waals surface area contributed by atoms with Gasteiger partial charge in [0.25, 0.3) is 0 Å². The number of benzene rings is 1. The third kappa shape index (κ3) is 2.48. The Bertz CT molecular complexity index is 576. The van der Waals surface area contributed by atoms with E-state index in [0.717, 1.165) is 21.3 Å². The van der Waals surface area contributed by atoms with E-state index in [0.29, 0.717) is 11.4 Å². The van der Waals surface area contributed by atoms with E-state index < -0.39 is 0 Å². The van der Waals surface area contributed by atoms with Gasteiger partial charge in [0.2, 0.25) is 0 Å². The van der Waals surface area contributed by atoms with Gasteiger partial charge in [-0.15, -0.1) is 0 Å². The van der Waals surface area contributed by atoms with Gasteiger partial charge in [-0.1, -0.05) is 6.07 Å². The van der Waals surface area contributed by atoms with Crippen molar-refractivity contribution in [2.45, 2.75) is 20.8 Å². The second-order valence-corrected chi connectivity index (χ2v) is 5.20. The normalized spacial score (nSPS) is 10.4. The zero-order valence-corrected chi connectivity index (χ0v) is 12.2. The molecule has 0 saturated carbocycles. The number of rotatable bonds is 2. The molecule has 3 nitrogen and oxygen atoms in total. The van der Waals surface area contributed by atoms with Crippen LogP contribution in [0.3, 0.4) is 0 Å². The molecule has 2 aromatic rings. The Kier molecular flexibility index (Phi) is 3.57. The number of nitrogens with two attached hydrogens (primary N) is 1. The lowest BCUT2D eigenvalue weighted by molar-refractivity contribution is 0.476. The summed E-state index contributed by atoms with van der Waals surface area (Å²) in [4.78, 5) is 3.99. The second-order valence-electron chi connectivity index (χ2n) is 4.35. The molecule has 0 fully saturated rings. The molecule has 0 spiro atoms. The van der Waals surface area contributed by atoms with Crippen LogP contribution in [0.2, 0.25) is 0 Å². The molecule has 2 rings (SSSR count). The number of nitrogens with zero attached hydrogens (tertiary/aromatic N) is 1. The predicted octanol–water partition coefficient (Wildman–Crippen LogP) is 4.14. The van der Waals surface area contributed by atoms with Crippen molar-refractivity contribution in [3.05, 3.63) is 45.7 Å². The van der Waals surface area contributed by atoms with E-state index in [4.69, 9.17) is 10.5 Å². The number of aromatic nitrogens is 1. The van der Waals surface area contributed by atoms with Crippen LogP contribution in [0, 0.1) is 20.8 Å². The number of ether oxygens (including phenoxy) is 1. The predicted molar refractivity (Wildman–Crippen MR) is 77.1 cm³/mol. The molecule has 0 unspecified atom stereocenters. The van der Waals surface area contributed by atoms with E-state index in [1.807, 2.05) is 19.9 Å². The van der Waals surface area contributed by atoms with Crippen molar-refractivity contribution >= 4 is 21.6 Å². The molecular formula is C14H15BrN2O. The van der Waals surface area contributed by atoms with Crippen molar-refractivity contribution in [3.63, 3.8) is 0 Å². The maximum Gasteiger partial charge on any atom is 0.167 e. The monoisotopic (exact) mass is 306 g/mol. The van der Waals surface area contributed by atoms with Crippen LogP contribution in [0.4, 0.5) is 5.69 Å². The van der Waals surface area contributed by atoms with Gasteiger partial charge in [-0.2, -0.15) is 0 Å². The lowest BCUT2D eigenvalue weighted by Crippen LogP contribution is -1.97. The van der Waals surface area contributed by atoms with Gasteiger partial charge in [-0.25, -0.2) is 0 Å². The first-order valence-corrected chi connectivity index (χ1v) is 6.43. The second kappa shape index (κ2) is 4.98. The molecule has 0 saturated heterocycles. The topological polar surface area (TPSA) is 48.1 Å². The van der Waals surface area contributed by atoms with E-state index in [1.54, 1.807) is 12.4 Å². The summed E-state index contributed by atoms with van der Waals surface area (Å²) in [6, 6.07) is 4.14. The Labute approximate surface area is 115 Å². The zero-order chi connectivity index (χ0) is 13.3. The summed E-state index contributed by atoms with van der Waals surface area (Å²) in [5.41, 5.74) is 9.88. The number of halogens is 1. The SMILES string of the molecule is Cc1cc(C)c(C)c(Oc2c(N)cncc2Br)c1. The van der Waals surface area contributed by atoms with Gasteiger partial charge in [0, 0.05) is 6.20 Å². The van der Waals surface area contributed by atoms with Gasteiger partial charge in [0.1, 0.15) is 5.75 Å². The van der Waals surface area contributed by atoms with Crippen molar-refractivity contribution in [1.29, 1.82) is 0 Å². The van der Waals surface area contributed by atoms with Gasteiger partial charge in [-0.3, -0.25) is 4.98 Å². The molecule has 0 atom stereocenters. The molecule has 2 N–H and O–H groups in total. The largest absolute Gasteiger partial charge is 0.454 e. The summed E-state index contributed by atoms with van der Waals surface area (Å²) < 4.78 is 6.67. The van der Waals surface area contributed by atoms with E-state index in [-0.39, 0.29) is 0 Å². The number of pyridine rings is 1. The van der Waals surface area contributed by atoms with Crippen molar-refractivity contribution in [1.82, 2.24) is 4.98 Å². The summed E-state index contributed by atoms with van der Waals surface area (Å²) in [7, 11) is 0. The number of aryl methyl sites for hydroxylation is 2. The van der Waals surface area contributed by atoms with Gasteiger partial charge in [0.15, 0.2) is 5.75 Å². The first-order valence-electron chi connectivity index (χ1n) is 5.63. The lowest BCUT2D eigenvalue weighted by Gasteiger charge is -2.14. The molecule has 1 aromatic heterocycles.